The van der Waals surface area contributed by atoms with Crippen LogP contribution in [-0.2, 0) is 10.0 Å². The van der Waals surface area contributed by atoms with Gasteiger partial charge in [-0.05, 0) is 60.7 Å². The van der Waals surface area contributed by atoms with E-state index in [2.05, 4.69) is 43.0 Å². The first-order chi connectivity index (χ1) is 12.3. The molecule has 0 spiro atoms. The smallest absolute Gasteiger partial charge is 0.243 e. The molecule has 140 valence electrons. The first kappa shape index (κ1) is 18.9. The lowest BCUT2D eigenvalue weighted by Crippen LogP contribution is -2.48. The van der Waals surface area contributed by atoms with Crippen LogP contribution in [0.5, 0.6) is 0 Å². The summed E-state index contributed by atoms with van der Waals surface area (Å²) in [6.45, 7) is 10.8. The molecule has 5 heteroatoms. The van der Waals surface area contributed by atoms with Crippen LogP contribution in [0, 0.1) is 13.8 Å². The molecule has 3 rings (SSSR count). The number of piperazine rings is 1. The van der Waals surface area contributed by atoms with Crippen molar-refractivity contribution in [3.8, 4) is 0 Å². The Morgan fingerprint density at radius 3 is 2.00 bits per heavy atom. The van der Waals surface area contributed by atoms with Gasteiger partial charge in [-0.2, -0.15) is 4.31 Å². The first-order valence-corrected chi connectivity index (χ1v) is 10.7. The Hall–Kier alpha value is -1.85. The van der Waals surface area contributed by atoms with Crippen LogP contribution in [-0.4, -0.2) is 38.9 Å². The van der Waals surface area contributed by atoms with Gasteiger partial charge in [-0.15, -0.1) is 0 Å². The van der Waals surface area contributed by atoms with Gasteiger partial charge >= 0.3 is 0 Å². The minimum absolute atomic E-state index is 0.398. The van der Waals surface area contributed by atoms with Gasteiger partial charge in [0.15, 0.2) is 0 Å². The van der Waals surface area contributed by atoms with Gasteiger partial charge < -0.3 is 4.90 Å². The maximum absolute atomic E-state index is 12.9. The lowest BCUT2D eigenvalue weighted by atomic mass is 10.0. The Bertz CT molecular complexity index is 865. The SMILES string of the molecule is Cc1ccc(S(=O)(=O)N2CCN(c3ccc(C(C)C)cc3)CC2)cc1C. The van der Waals surface area contributed by atoms with Crippen molar-refractivity contribution < 1.29 is 8.42 Å². The molecule has 0 aromatic heterocycles. The number of rotatable bonds is 4. The van der Waals surface area contributed by atoms with Crippen LogP contribution >= 0.6 is 0 Å². The Kier molecular flexibility index (Phi) is 5.39. The molecule has 1 heterocycles. The third-order valence-corrected chi connectivity index (χ3v) is 7.17. The van der Waals surface area contributed by atoms with Crippen molar-refractivity contribution in [3.63, 3.8) is 0 Å². The normalized spacial score (nSPS) is 16.3. The summed E-state index contributed by atoms with van der Waals surface area (Å²) in [7, 11) is -3.42. The fraction of sp³-hybridized carbons (Fsp3) is 0.429. The Morgan fingerprint density at radius 1 is 0.846 bits per heavy atom. The minimum Gasteiger partial charge on any atom is -0.369 e. The van der Waals surface area contributed by atoms with Crippen molar-refractivity contribution in [1.82, 2.24) is 4.31 Å². The summed E-state index contributed by atoms with van der Waals surface area (Å²) >= 11 is 0. The van der Waals surface area contributed by atoms with Gasteiger partial charge in [-0.3, -0.25) is 0 Å². The van der Waals surface area contributed by atoms with Crippen LogP contribution in [0.3, 0.4) is 0 Å². The molecule has 0 atom stereocenters. The molecule has 2 aromatic carbocycles. The Labute approximate surface area is 157 Å². The van der Waals surface area contributed by atoms with Crippen LogP contribution in [0.4, 0.5) is 5.69 Å². The van der Waals surface area contributed by atoms with Crippen LogP contribution in [0.15, 0.2) is 47.4 Å². The van der Waals surface area contributed by atoms with Crippen molar-refractivity contribution in [3.05, 3.63) is 59.2 Å². The Balaban J connectivity index is 1.70. The summed E-state index contributed by atoms with van der Waals surface area (Å²) in [4.78, 5) is 2.66. The molecule has 2 aromatic rings. The number of hydrogen-bond donors (Lipinski definition) is 0. The van der Waals surface area contributed by atoms with E-state index in [-0.39, 0.29) is 0 Å². The highest BCUT2D eigenvalue weighted by Crippen LogP contribution is 2.24. The third-order valence-electron chi connectivity index (χ3n) is 5.28. The summed E-state index contributed by atoms with van der Waals surface area (Å²) in [5.41, 5.74) is 4.61. The van der Waals surface area contributed by atoms with Gasteiger partial charge in [0.2, 0.25) is 10.0 Å². The molecule has 1 saturated heterocycles. The summed E-state index contributed by atoms with van der Waals surface area (Å²) in [6.07, 6.45) is 0. The largest absolute Gasteiger partial charge is 0.369 e. The van der Waals surface area contributed by atoms with Crippen molar-refractivity contribution >= 4 is 15.7 Å². The van der Waals surface area contributed by atoms with Gasteiger partial charge in [0.1, 0.15) is 0 Å². The number of anilines is 1. The number of benzene rings is 2. The van der Waals surface area contributed by atoms with Crippen molar-refractivity contribution in [2.45, 2.75) is 38.5 Å². The summed E-state index contributed by atoms with van der Waals surface area (Å²) in [6, 6.07) is 14.0. The monoisotopic (exact) mass is 372 g/mol. The van der Waals surface area contributed by atoms with E-state index in [4.69, 9.17) is 0 Å². The molecule has 1 aliphatic rings. The van der Waals surface area contributed by atoms with E-state index in [1.807, 2.05) is 19.9 Å². The average Bonchev–Trinajstić information content (AvgIpc) is 2.64. The van der Waals surface area contributed by atoms with Crippen LogP contribution in [0.25, 0.3) is 0 Å². The van der Waals surface area contributed by atoms with E-state index < -0.39 is 10.0 Å². The number of aryl methyl sites for hydroxylation is 2. The second kappa shape index (κ2) is 7.41. The lowest BCUT2D eigenvalue weighted by molar-refractivity contribution is 0.385. The molecule has 0 radical (unpaired) electrons. The lowest BCUT2D eigenvalue weighted by Gasteiger charge is -2.35. The van der Waals surface area contributed by atoms with Crippen molar-refractivity contribution in [2.24, 2.45) is 0 Å². The molecule has 0 aliphatic carbocycles. The Morgan fingerprint density at radius 2 is 1.46 bits per heavy atom. The maximum Gasteiger partial charge on any atom is 0.243 e. The average molecular weight is 373 g/mol. The predicted octanol–water partition coefficient (Wildman–Crippen LogP) is 3.94. The molecular formula is C21H28N2O2S. The molecule has 0 N–H and O–H groups in total. The van der Waals surface area contributed by atoms with E-state index in [1.165, 1.54) is 5.56 Å². The zero-order valence-corrected chi connectivity index (χ0v) is 16.9. The van der Waals surface area contributed by atoms with Gasteiger partial charge in [0.25, 0.3) is 0 Å². The maximum atomic E-state index is 12.9. The summed E-state index contributed by atoms with van der Waals surface area (Å²) in [5.74, 6) is 0.518. The third kappa shape index (κ3) is 3.79. The summed E-state index contributed by atoms with van der Waals surface area (Å²) < 4.78 is 27.4. The number of hydrogen-bond acceptors (Lipinski definition) is 3. The van der Waals surface area contributed by atoms with Crippen molar-refractivity contribution in [2.75, 3.05) is 31.1 Å². The molecular weight excluding hydrogens is 344 g/mol. The molecule has 4 nitrogen and oxygen atoms in total. The predicted molar refractivity (Wildman–Crippen MR) is 107 cm³/mol. The second-order valence-electron chi connectivity index (χ2n) is 7.38. The van der Waals surface area contributed by atoms with Gasteiger partial charge in [0, 0.05) is 31.9 Å². The second-order valence-corrected chi connectivity index (χ2v) is 9.32. The standard InChI is InChI=1S/C21H28N2O2S/c1-16(2)19-6-8-20(9-7-19)22-11-13-23(14-12-22)26(24,25)21-10-5-17(3)18(4)15-21/h5-10,15-16H,11-14H2,1-4H3. The fourth-order valence-corrected chi connectivity index (χ4v) is 4.79. The minimum atomic E-state index is -3.42. The molecule has 1 fully saturated rings. The highest BCUT2D eigenvalue weighted by molar-refractivity contribution is 7.89. The van der Waals surface area contributed by atoms with Crippen LogP contribution in [0.2, 0.25) is 0 Å². The zero-order valence-electron chi connectivity index (χ0n) is 16.1. The number of sulfonamides is 1. The van der Waals surface area contributed by atoms with E-state index in [9.17, 15) is 8.42 Å². The molecule has 0 saturated carbocycles. The van der Waals surface area contributed by atoms with E-state index in [1.54, 1.807) is 16.4 Å². The molecule has 0 bridgehead atoms. The van der Waals surface area contributed by atoms with Crippen LogP contribution in [0.1, 0.15) is 36.5 Å². The first-order valence-electron chi connectivity index (χ1n) is 9.21. The van der Waals surface area contributed by atoms with E-state index in [0.717, 1.165) is 16.8 Å². The number of nitrogens with zero attached hydrogens (tertiary/aromatic N) is 2. The topological polar surface area (TPSA) is 40.6 Å². The molecule has 0 amide bonds. The molecule has 0 unspecified atom stereocenters. The van der Waals surface area contributed by atoms with Crippen LogP contribution < -0.4 is 4.90 Å². The summed E-state index contributed by atoms with van der Waals surface area (Å²) in [5, 5.41) is 0. The fourth-order valence-electron chi connectivity index (χ4n) is 3.28. The quantitative estimate of drug-likeness (QED) is 0.816. The highest BCUT2D eigenvalue weighted by atomic mass is 32.2. The van der Waals surface area contributed by atoms with E-state index >= 15 is 0 Å². The van der Waals surface area contributed by atoms with E-state index in [0.29, 0.717) is 37.0 Å². The van der Waals surface area contributed by atoms with Gasteiger partial charge in [0.05, 0.1) is 4.90 Å². The highest BCUT2D eigenvalue weighted by Gasteiger charge is 2.28. The zero-order chi connectivity index (χ0) is 18.9. The van der Waals surface area contributed by atoms with Gasteiger partial charge in [-0.25, -0.2) is 8.42 Å². The molecule has 1 aliphatic heterocycles. The molecule has 26 heavy (non-hydrogen) atoms. The van der Waals surface area contributed by atoms with Crippen molar-refractivity contribution in [1.29, 1.82) is 0 Å². The van der Waals surface area contributed by atoms with Gasteiger partial charge in [-0.1, -0.05) is 32.0 Å².